The summed E-state index contributed by atoms with van der Waals surface area (Å²) in [5.41, 5.74) is 6.44. The molecule has 0 radical (unpaired) electrons. The predicted molar refractivity (Wildman–Crippen MR) is 66.0 cm³/mol. The van der Waals surface area contributed by atoms with E-state index in [9.17, 15) is 0 Å². The third-order valence-corrected chi connectivity index (χ3v) is 3.45. The van der Waals surface area contributed by atoms with Crippen molar-refractivity contribution in [3.63, 3.8) is 0 Å². The van der Waals surface area contributed by atoms with Gasteiger partial charge in [0.05, 0.1) is 11.5 Å². The summed E-state index contributed by atoms with van der Waals surface area (Å²) in [6, 6.07) is 0. The molecule has 0 unspecified atom stereocenters. The molecule has 0 fully saturated rings. The molecule has 1 heterocycles. The van der Waals surface area contributed by atoms with E-state index < -0.39 is 0 Å². The van der Waals surface area contributed by atoms with Crippen LogP contribution >= 0.6 is 11.3 Å². The van der Waals surface area contributed by atoms with Crippen molar-refractivity contribution in [3.8, 4) is 0 Å². The van der Waals surface area contributed by atoms with E-state index in [-0.39, 0.29) is 5.84 Å². The van der Waals surface area contributed by atoms with E-state index in [1.807, 2.05) is 6.92 Å². The Bertz CT molecular complexity index is 326. The molecule has 0 saturated heterocycles. The van der Waals surface area contributed by atoms with Gasteiger partial charge in [-0.25, -0.2) is 4.98 Å². The lowest BCUT2D eigenvalue weighted by Gasteiger charge is -2.18. The van der Waals surface area contributed by atoms with Gasteiger partial charge in [-0.2, -0.15) is 0 Å². The zero-order valence-electron chi connectivity index (χ0n) is 9.50. The lowest BCUT2D eigenvalue weighted by atomic mass is 10.3. The zero-order valence-corrected chi connectivity index (χ0v) is 10.3. The van der Waals surface area contributed by atoms with Crippen molar-refractivity contribution >= 4 is 22.3 Å². The first-order valence-corrected chi connectivity index (χ1v) is 5.88. The molecule has 0 spiro atoms. The molecule has 0 amide bonds. The van der Waals surface area contributed by atoms with E-state index in [1.165, 1.54) is 4.88 Å². The first-order chi connectivity index (χ1) is 7.04. The number of anilines is 1. The normalized spacial score (nSPS) is 10.3. The first-order valence-electron chi connectivity index (χ1n) is 5.06. The van der Waals surface area contributed by atoms with Gasteiger partial charge >= 0.3 is 0 Å². The summed E-state index contributed by atoms with van der Waals surface area (Å²) in [6.45, 7) is 7.87. The number of amidine groups is 1. The summed E-state index contributed by atoms with van der Waals surface area (Å²) in [4.78, 5) is 7.91. The van der Waals surface area contributed by atoms with Gasteiger partial charge in [-0.15, -0.1) is 11.3 Å². The molecular weight excluding hydrogens is 208 g/mol. The maximum atomic E-state index is 7.21. The molecule has 0 aliphatic rings. The van der Waals surface area contributed by atoms with Crippen molar-refractivity contribution in [1.82, 2.24) is 4.98 Å². The van der Waals surface area contributed by atoms with Crippen molar-refractivity contribution in [2.45, 2.75) is 27.2 Å². The summed E-state index contributed by atoms with van der Waals surface area (Å²) in [5.74, 6) is 0.235. The van der Waals surface area contributed by atoms with Crippen LogP contribution in [-0.4, -0.2) is 23.9 Å². The number of nitrogens with one attached hydrogen (secondary N) is 1. The molecule has 1 rings (SSSR count). The number of thiazole rings is 1. The lowest BCUT2D eigenvalue weighted by Crippen LogP contribution is -2.27. The van der Waals surface area contributed by atoms with Gasteiger partial charge in [0.1, 0.15) is 0 Å². The Kier molecular flexibility index (Phi) is 4.08. The second kappa shape index (κ2) is 5.11. The van der Waals surface area contributed by atoms with Gasteiger partial charge in [0, 0.05) is 24.4 Å². The SMILES string of the molecule is CCN(CCC(=N)N)c1nc(C)c(C)s1. The van der Waals surface area contributed by atoms with Crippen LogP contribution in [0.3, 0.4) is 0 Å². The molecular formula is C10H18N4S. The Morgan fingerprint density at radius 3 is 2.60 bits per heavy atom. The van der Waals surface area contributed by atoms with Gasteiger partial charge < -0.3 is 10.6 Å². The van der Waals surface area contributed by atoms with Crippen molar-refractivity contribution in [1.29, 1.82) is 5.41 Å². The molecule has 4 nitrogen and oxygen atoms in total. The van der Waals surface area contributed by atoms with Gasteiger partial charge in [-0.05, 0) is 20.8 Å². The van der Waals surface area contributed by atoms with Crippen LogP contribution in [0.5, 0.6) is 0 Å². The molecule has 5 heteroatoms. The van der Waals surface area contributed by atoms with Crippen molar-refractivity contribution in [2.75, 3.05) is 18.0 Å². The standard InChI is InChI=1S/C10H18N4S/c1-4-14(6-5-9(11)12)10-13-7(2)8(3)15-10/h4-6H2,1-3H3,(H3,11,12). The molecule has 0 aromatic carbocycles. The molecule has 1 aromatic heterocycles. The van der Waals surface area contributed by atoms with E-state index >= 15 is 0 Å². The Morgan fingerprint density at radius 2 is 2.20 bits per heavy atom. The Morgan fingerprint density at radius 1 is 1.53 bits per heavy atom. The van der Waals surface area contributed by atoms with Crippen molar-refractivity contribution in [3.05, 3.63) is 10.6 Å². The van der Waals surface area contributed by atoms with Crippen LogP contribution in [0.25, 0.3) is 0 Å². The summed E-state index contributed by atoms with van der Waals surface area (Å²) in [7, 11) is 0. The molecule has 0 aliphatic carbocycles. The minimum absolute atomic E-state index is 0.235. The van der Waals surface area contributed by atoms with Crippen LogP contribution in [0.1, 0.15) is 23.9 Å². The average molecular weight is 226 g/mol. The minimum Gasteiger partial charge on any atom is -0.388 e. The molecule has 3 N–H and O–H groups in total. The third kappa shape index (κ3) is 3.20. The van der Waals surface area contributed by atoms with Gasteiger partial charge in [0.25, 0.3) is 0 Å². The van der Waals surface area contributed by atoms with Crippen LogP contribution in [-0.2, 0) is 0 Å². The maximum Gasteiger partial charge on any atom is 0.185 e. The highest BCUT2D eigenvalue weighted by atomic mass is 32.1. The summed E-state index contributed by atoms with van der Waals surface area (Å²) < 4.78 is 0. The molecule has 84 valence electrons. The largest absolute Gasteiger partial charge is 0.388 e. The van der Waals surface area contributed by atoms with E-state index in [0.717, 1.165) is 23.9 Å². The topological polar surface area (TPSA) is 66.0 Å². The fourth-order valence-electron chi connectivity index (χ4n) is 1.24. The Hall–Kier alpha value is -1.10. The van der Waals surface area contributed by atoms with Gasteiger partial charge in [-0.3, -0.25) is 5.41 Å². The van der Waals surface area contributed by atoms with E-state index in [2.05, 4.69) is 23.7 Å². The van der Waals surface area contributed by atoms with Crippen LogP contribution in [0.4, 0.5) is 5.13 Å². The maximum absolute atomic E-state index is 7.21. The molecule has 0 bridgehead atoms. The predicted octanol–water partition coefficient (Wildman–Crippen LogP) is 1.91. The average Bonchev–Trinajstić information content (AvgIpc) is 2.47. The zero-order chi connectivity index (χ0) is 11.4. The number of aryl methyl sites for hydroxylation is 2. The molecule has 0 saturated carbocycles. The quantitative estimate of drug-likeness (QED) is 0.595. The monoisotopic (exact) mass is 226 g/mol. The molecule has 1 aromatic rings. The minimum atomic E-state index is 0.235. The van der Waals surface area contributed by atoms with Crippen LogP contribution in [0.15, 0.2) is 0 Å². The highest BCUT2D eigenvalue weighted by molar-refractivity contribution is 7.15. The highest BCUT2D eigenvalue weighted by Crippen LogP contribution is 2.24. The third-order valence-electron chi connectivity index (χ3n) is 2.32. The fourth-order valence-corrected chi connectivity index (χ4v) is 2.23. The van der Waals surface area contributed by atoms with Crippen molar-refractivity contribution in [2.24, 2.45) is 5.73 Å². The van der Waals surface area contributed by atoms with Gasteiger partial charge in [0.15, 0.2) is 5.13 Å². The summed E-state index contributed by atoms with van der Waals surface area (Å²) >= 11 is 1.70. The number of rotatable bonds is 5. The van der Waals surface area contributed by atoms with E-state index in [1.54, 1.807) is 11.3 Å². The number of aromatic nitrogens is 1. The number of hydrogen-bond donors (Lipinski definition) is 2. The van der Waals surface area contributed by atoms with Gasteiger partial charge in [-0.1, -0.05) is 0 Å². The lowest BCUT2D eigenvalue weighted by molar-refractivity contribution is 0.824. The van der Waals surface area contributed by atoms with E-state index in [4.69, 9.17) is 11.1 Å². The number of nitrogens with zero attached hydrogens (tertiary/aromatic N) is 2. The van der Waals surface area contributed by atoms with Crippen molar-refractivity contribution < 1.29 is 0 Å². The summed E-state index contributed by atoms with van der Waals surface area (Å²) in [5, 5.41) is 8.24. The van der Waals surface area contributed by atoms with Crippen LogP contribution in [0, 0.1) is 19.3 Å². The first kappa shape index (κ1) is 12.0. The molecule has 0 atom stereocenters. The smallest absolute Gasteiger partial charge is 0.185 e. The number of nitrogens with two attached hydrogens (primary N) is 1. The number of hydrogen-bond acceptors (Lipinski definition) is 4. The second-order valence-electron chi connectivity index (χ2n) is 3.49. The summed E-state index contributed by atoms with van der Waals surface area (Å²) in [6.07, 6.45) is 0.603. The Labute approximate surface area is 94.6 Å². The second-order valence-corrected chi connectivity index (χ2v) is 4.67. The van der Waals surface area contributed by atoms with E-state index in [0.29, 0.717) is 6.42 Å². The van der Waals surface area contributed by atoms with Crippen LogP contribution in [0.2, 0.25) is 0 Å². The highest BCUT2D eigenvalue weighted by Gasteiger charge is 2.10. The van der Waals surface area contributed by atoms with Crippen LogP contribution < -0.4 is 10.6 Å². The van der Waals surface area contributed by atoms with Gasteiger partial charge in [0.2, 0.25) is 0 Å². The Balaban J connectivity index is 2.69. The fraction of sp³-hybridized carbons (Fsp3) is 0.600. The molecule has 15 heavy (non-hydrogen) atoms. The molecule has 0 aliphatic heterocycles.